The first-order valence-electron chi connectivity index (χ1n) is 7.54. The third-order valence-corrected chi connectivity index (χ3v) is 4.13. The standard InChI is InChI=1S/C14H27N3O3/c1-4-11-7-19-14(20-11)5-10(17-8-14)6-16-13(18)12(15)9(2)3/h9-12,17H,4-8,15H2,1-3H3,(H,16,18)/t10?,11?,12-,14?/m0/s1. The molecule has 0 aromatic heterocycles. The molecule has 1 amide bonds. The van der Waals surface area contributed by atoms with E-state index in [0.29, 0.717) is 19.7 Å². The molecule has 116 valence electrons. The fourth-order valence-corrected chi connectivity index (χ4v) is 2.63. The van der Waals surface area contributed by atoms with E-state index in [0.717, 1.165) is 12.8 Å². The third kappa shape index (κ3) is 3.49. The summed E-state index contributed by atoms with van der Waals surface area (Å²) in [7, 11) is 0. The Bertz CT molecular complexity index is 351. The van der Waals surface area contributed by atoms with Gasteiger partial charge in [0, 0.05) is 19.0 Å². The summed E-state index contributed by atoms with van der Waals surface area (Å²) in [5.41, 5.74) is 5.81. The predicted octanol–water partition coefficient (Wildman–Crippen LogP) is -0.0305. The second-order valence-corrected chi connectivity index (χ2v) is 6.17. The van der Waals surface area contributed by atoms with Crippen molar-refractivity contribution in [2.24, 2.45) is 11.7 Å². The van der Waals surface area contributed by atoms with Crippen molar-refractivity contribution < 1.29 is 14.3 Å². The summed E-state index contributed by atoms with van der Waals surface area (Å²) >= 11 is 0. The van der Waals surface area contributed by atoms with Crippen LogP contribution in [0.25, 0.3) is 0 Å². The highest BCUT2D eigenvalue weighted by atomic mass is 16.7. The minimum atomic E-state index is -0.490. The summed E-state index contributed by atoms with van der Waals surface area (Å²) < 4.78 is 11.8. The lowest BCUT2D eigenvalue weighted by atomic mass is 10.0. The van der Waals surface area contributed by atoms with Crippen LogP contribution in [0.4, 0.5) is 0 Å². The lowest BCUT2D eigenvalue weighted by Gasteiger charge is -2.22. The normalized spacial score (nSPS) is 34.9. The molecule has 3 unspecified atom stereocenters. The van der Waals surface area contributed by atoms with Crippen LogP contribution in [-0.2, 0) is 14.3 Å². The Balaban J connectivity index is 1.76. The fourth-order valence-electron chi connectivity index (χ4n) is 2.63. The van der Waals surface area contributed by atoms with Gasteiger partial charge in [0.15, 0.2) is 5.79 Å². The zero-order chi connectivity index (χ0) is 14.8. The minimum Gasteiger partial charge on any atom is -0.353 e. The van der Waals surface area contributed by atoms with Crippen LogP contribution in [0.1, 0.15) is 33.6 Å². The monoisotopic (exact) mass is 285 g/mol. The Morgan fingerprint density at radius 3 is 2.90 bits per heavy atom. The molecule has 2 aliphatic rings. The van der Waals surface area contributed by atoms with Gasteiger partial charge in [0.2, 0.25) is 5.91 Å². The van der Waals surface area contributed by atoms with Gasteiger partial charge in [-0.2, -0.15) is 0 Å². The van der Waals surface area contributed by atoms with Gasteiger partial charge < -0.3 is 25.8 Å². The first kappa shape index (κ1) is 15.7. The third-order valence-electron chi connectivity index (χ3n) is 4.13. The first-order valence-corrected chi connectivity index (χ1v) is 7.54. The number of carbonyl (C=O) groups excluding carboxylic acids is 1. The van der Waals surface area contributed by atoms with E-state index in [1.165, 1.54) is 0 Å². The average Bonchev–Trinajstić information content (AvgIpc) is 3.02. The number of amides is 1. The summed E-state index contributed by atoms with van der Waals surface area (Å²) in [6.07, 6.45) is 1.92. The molecule has 4 N–H and O–H groups in total. The van der Waals surface area contributed by atoms with Crippen molar-refractivity contribution in [2.75, 3.05) is 19.7 Å². The van der Waals surface area contributed by atoms with Gasteiger partial charge in [-0.3, -0.25) is 4.79 Å². The Hall–Kier alpha value is -0.690. The summed E-state index contributed by atoms with van der Waals surface area (Å²) in [6.45, 7) is 7.89. The maximum atomic E-state index is 11.8. The maximum Gasteiger partial charge on any atom is 0.237 e. The molecule has 2 aliphatic heterocycles. The smallest absolute Gasteiger partial charge is 0.237 e. The molecule has 0 bridgehead atoms. The van der Waals surface area contributed by atoms with Crippen molar-refractivity contribution in [2.45, 2.75) is 57.6 Å². The SMILES string of the molecule is CCC1COC2(CNC(CNC(=O)[C@@H](N)C(C)C)C2)O1. The Labute approximate surface area is 120 Å². The van der Waals surface area contributed by atoms with E-state index in [-0.39, 0.29) is 24.0 Å². The summed E-state index contributed by atoms with van der Waals surface area (Å²) in [4.78, 5) is 11.8. The van der Waals surface area contributed by atoms with Crippen LogP contribution in [-0.4, -0.2) is 49.6 Å². The van der Waals surface area contributed by atoms with Crippen molar-refractivity contribution >= 4 is 5.91 Å². The average molecular weight is 285 g/mol. The van der Waals surface area contributed by atoms with Gasteiger partial charge in [-0.25, -0.2) is 0 Å². The van der Waals surface area contributed by atoms with Gasteiger partial charge in [0.1, 0.15) is 0 Å². The molecule has 2 rings (SSSR count). The maximum absolute atomic E-state index is 11.8. The summed E-state index contributed by atoms with van der Waals surface area (Å²) in [6, 6.07) is -0.275. The molecule has 2 fully saturated rings. The van der Waals surface area contributed by atoms with Crippen LogP contribution in [0.15, 0.2) is 0 Å². The lowest BCUT2D eigenvalue weighted by Crippen LogP contribution is -2.47. The predicted molar refractivity (Wildman–Crippen MR) is 76.1 cm³/mol. The van der Waals surface area contributed by atoms with E-state index in [9.17, 15) is 4.79 Å². The van der Waals surface area contributed by atoms with Crippen molar-refractivity contribution in [3.05, 3.63) is 0 Å². The molecule has 6 heteroatoms. The largest absolute Gasteiger partial charge is 0.353 e. The van der Waals surface area contributed by atoms with E-state index in [1.54, 1.807) is 0 Å². The first-order chi connectivity index (χ1) is 9.46. The minimum absolute atomic E-state index is 0.0950. The zero-order valence-corrected chi connectivity index (χ0v) is 12.6. The van der Waals surface area contributed by atoms with E-state index >= 15 is 0 Å². The van der Waals surface area contributed by atoms with Crippen LogP contribution >= 0.6 is 0 Å². The number of hydrogen-bond acceptors (Lipinski definition) is 5. The van der Waals surface area contributed by atoms with Gasteiger partial charge in [-0.1, -0.05) is 20.8 Å². The van der Waals surface area contributed by atoms with Crippen LogP contribution in [0.3, 0.4) is 0 Å². The van der Waals surface area contributed by atoms with Gasteiger partial charge in [-0.05, 0) is 12.3 Å². The molecule has 2 saturated heterocycles. The van der Waals surface area contributed by atoms with E-state index in [2.05, 4.69) is 17.6 Å². The highest BCUT2D eigenvalue weighted by Crippen LogP contribution is 2.32. The van der Waals surface area contributed by atoms with E-state index < -0.39 is 11.8 Å². The van der Waals surface area contributed by atoms with Crippen molar-refractivity contribution in [3.63, 3.8) is 0 Å². The number of nitrogens with one attached hydrogen (secondary N) is 2. The van der Waals surface area contributed by atoms with Gasteiger partial charge >= 0.3 is 0 Å². The van der Waals surface area contributed by atoms with Crippen molar-refractivity contribution in [3.8, 4) is 0 Å². The van der Waals surface area contributed by atoms with Gasteiger partial charge in [0.05, 0.1) is 25.3 Å². The number of ether oxygens (including phenoxy) is 2. The number of carbonyl (C=O) groups is 1. The Morgan fingerprint density at radius 2 is 2.30 bits per heavy atom. The number of rotatable bonds is 5. The molecule has 4 atom stereocenters. The highest BCUT2D eigenvalue weighted by Gasteiger charge is 2.46. The molecular formula is C14H27N3O3. The van der Waals surface area contributed by atoms with Crippen LogP contribution in [0.2, 0.25) is 0 Å². The molecule has 6 nitrogen and oxygen atoms in total. The summed E-state index contributed by atoms with van der Waals surface area (Å²) in [5.74, 6) is -0.442. The molecule has 0 saturated carbocycles. The topological polar surface area (TPSA) is 85.6 Å². The van der Waals surface area contributed by atoms with Crippen molar-refractivity contribution in [1.29, 1.82) is 0 Å². The number of nitrogens with two attached hydrogens (primary N) is 1. The van der Waals surface area contributed by atoms with Gasteiger partial charge in [0.25, 0.3) is 0 Å². The molecule has 0 radical (unpaired) electrons. The van der Waals surface area contributed by atoms with E-state index in [1.807, 2.05) is 13.8 Å². The molecular weight excluding hydrogens is 258 g/mol. The van der Waals surface area contributed by atoms with Gasteiger partial charge in [-0.15, -0.1) is 0 Å². The van der Waals surface area contributed by atoms with E-state index in [4.69, 9.17) is 15.2 Å². The molecule has 0 aromatic rings. The molecule has 0 aliphatic carbocycles. The molecule has 20 heavy (non-hydrogen) atoms. The highest BCUT2D eigenvalue weighted by molar-refractivity contribution is 5.81. The molecule has 0 aromatic carbocycles. The van der Waals surface area contributed by atoms with Crippen LogP contribution < -0.4 is 16.4 Å². The quantitative estimate of drug-likeness (QED) is 0.660. The second-order valence-electron chi connectivity index (χ2n) is 6.17. The fraction of sp³-hybridized carbons (Fsp3) is 0.929. The zero-order valence-electron chi connectivity index (χ0n) is 12.6. The second kappa shape index (κ2) is 6.39. The van der Waals surface area contributed by atoms with Crippen LogP contribution in [0, 0.1) is 5.92 Å². The Kier molecular flexibility index (Phi) is 5.01. The molecule has 1 spiro atoms. The number of hydrogen-bond donors (Lipinski definition) is 3. The summed E-state index contributed by atoms with van der Waals surface area (Å²) in [5, 5.41) is 6.25. The molecule has 2 heterocycles. The van der Waals surface area contributed by atoms with Crippen molar-refractivity contribution in [1.82, 2.24) is 10.6 Å². The van der Waals surface area contributed by atoms with Crippen LogP contribution in [0.5, 0.6) is 0 Å². The lowest BCUT2D eigenvalue weighted by molar-refractivity contribution is -0.153. The Morgan fingerprint density at radius 1 is 1.55 bits per heavy atom.